The van der Waals surface area contributed by atoms with Gasteiger partial charge in [-0.25, -0.2) is 0 Å². The van der Waals surface area contributed by atoms with Gasteiger partial charge in [0, 0.05) is 16.2 Å². The van der Waals surface area contributed by atoms with E-state index >= 15 is 0 Å². The molecule has 2 aliphatic carbocycles. The molecule has 178 valence electrons. The van der Waals surface area contributed by atoms with Crippen LogP contribution in [0.15, 0.2) is 60.2 Å². The van der Waals surface area contributed by atoms with Crippen molar-refractivity contribution < 1.29 is 14.2 Å². The summed E-state index contributed by atoms with van der Waals surface area (Å²) in [5.41, 5.74) is 9.60. The molecular weight excluding hydrogens is 452 g/mol. The predicted octanol–water partition coefficient (Wildman–Crippen LogP) is 8.06. The highest BCUT2D eigenvalue weighted by Gasteiger charge is 2.24. The molecule has 0 atom stereocenters. The van der Waals surface area contributed by atoms with Gasteiger partial charge in [-0.2, -0.15) is 0 Å². The lowest BCUT2D eigenvalue weighted by Gasteiger charge is -2.26. The minimum atomic E-state index is 0.620. The molecule has 0 fully saturated rings. The SMILES string of the molecule is COc1cc(-c2ccc3c4c(ccc3c2C2=CCCS2)C2=C(CCC=C2)CC4)cc(OC)c1OC. The van der Waals surface area contributed by atoms with Crippen LogP contribution in [0, 0.1) is 0 Å². The zero-order chi connectivity index (χ0) is 23.9. The third kappa shape index (κ3) is 3.66. The van der Waals surface area contributed by atoms with Gasteiger partial charge in [-0.05, 0) is 82.8 Å². The van der Waals surface area contributed by atoms with Gasteiger partial charge >= 0.3 is 0 Å². The lowest BCUT2D eigenvalue weighted by atomic mass is 9.78. The number of fused-ring (bicyclic) bond motifs is 4. The Balaban J connectivity index is 1.61. The van der Waals surface area contributed by atoms with Crippen LogP contribution >= 0.6 is 11.8 Å². The second kappa shape index (κ2) is 9.16. The molecule has 0 amide bonds. The molecule has 6 rings (SSSR count). The van der Waals surface area contributed by atoms with Crippen molar-refractivity contribution in [2.45, 2.75) is 32.1 Å². The van der Waals surface area contributed by atoms with Gasteiger partial charge in [-0.1, -0.05) is 48.1 Å². The van der Waals surface area contributed by atoms with Crippen LogP contribution in [0.1, 0.15) is 42.4 Å². The highest BCUT2D eigenvalue weighted by Crippen LogP contribution is 2.48. The smallest absolute Gasteiger partial charge is 0.203 e. The lowest BCUT2D eigenvalue weighted by Crippen LogP contribution is -2.07. The average molecular weight is 483 g/mol. The van der Waals surface area contributed by atoms with Crippen LogP contribution in [0.25, 0.3) is 32.4 Å². The van der Waals surface area contributed by atoms with Crippen LogP contribution in [0.2, 0.25) is 0 Å². The molecule has 0 saturated heterocycles. The Morgan fingerprint density at radius 2 is 1.54 bits per heavy atom. The maximum atomic E-state index is 5.68. The summed E-state index contributed by atoms with van der Waals surface area (Å²) >= 11 is 1.96. The monoisotopic (exact) mass is 482 g/mol. The maximum Gasteiger partial charge on any atom is 0.203 e. The highest BCUT2D eigenvalue weighted by molar-refractivity contribution is 8.08. The standard InChI is InChI=1S/C31H30O3S/c1-32-27-17-20(18-28(33-2)31(27)34-3)22-12-13-25-24-11-10-19-7-4-5-8-21(19)23(24)14-15-26(25)30(22)29-9-6-16-35-29/h5,8-9,12-15,17-18H,4,6-7,10-11,16H2,1-3H3. The molecule has 4 heteroatoms. The fourth-order valence-corrected chi connectivity index (χ4v) is 6.91. The second-order valence-corrected chi connectivity index (χ2v) is 10.4. The summed E-state index contributed by atoms with van der Waals surface area (Å²) in [6.45, 7) is 0. The van der Waals surface area contributed by atoms with Crippen LogP contribution in [0.4, 0.5) is 0 Å². The molecule has 0 unspecified atom stereocenters. The van der Waals surface area contributed by atoms with Gasteiger partial charge in [-0.3, -0.25) is 0 Å². The summed E-state index contributed by atoms with van der Waals surface area (Å²) in [5.74, 6) is 3.10. The van der Waals surface area contributed by atoms with Gasteiger partial charge in [0.25, 0.3) is 0 Å². The molecule has 1 heterocycles. The molecule has 0 aromatic heterocycles. The summed E-state index contributed by atoms with van der Waals surface area (Å²) in [6, 6.07) is 13.5. The summed E-state index contributed by atoms with van der Waals surface area (Å²) in [4.78, 5) is 1.37. The van der Waals surface area contributed by atoms with E-state index in [1.165, 1.54) is 62.8 Å². The zero-order valence-electron chi connectivity index (χ0n) is 20.6. The van der Waals surface area contributed by atoms with Gasteiger partial charge < -0.3 is 14.2 Å². The molecule has 3 aromatic rings. The molecule has 0 spiro atoms. The van der Waals surface area contributed by atoms with Crippen LogP contribution < -0.4 is 14.2 Å². The molecule has 0 radical (unpaired) electrons. The summed E-state index contributed by atoms with van der Waals surface area (Å²) < 4.78 is 16.9. The summed E-state index contributed by atoms with van der Waals surface area (Å²) in [6.07, 6.45) is 12.9. The Labute approximate surface area is 211 Å². The van der Waals surface area contributed by atoms with E-state index in [0.29, 0.717) is 17.2 Å². The molecule has 1 aliphatic heterocycles. The summed E-state index contributed by atoms with van der Waals surface area (Å²) in [7, 11) is 4.99. The van der Waals surface area contributed by atoms with E-state index < -0.39 is 0 Å². The third-order valence-electron chi connectivity index (χ3n) is 7.48. The molecule has 0 saturated carbocycles. The normalized spacial score (nSPS) is 16.7. The minimum absolute atomic E-state index is 0.620. The second-order valence-electron chi connectivity index (χ2n) is 9.25. The Morgan fingerprint density at radius 1 is 0.771 bits per heavy atom. The number of methoxy groups -OCH3 is 3. The van der Waals surface area contributed by atoms with Crippen molar-refractivity contribution in [1.29, 1.82) is 0 Å². The maximum absolute atomic E-state index is 5.68. The number of benzene rings is 3. The first kappa shape index (κ1) is 22.4. The Bertz CT molecular complexity index is 1400. The van der Waals surface area contributed by atoms with Crippen molar-refractivity contribution in [2.75, 3.05) is 27.1 Å². The van der Waals surface area contributed by atoms with Gasteiger partial charge in [0.1, 0.15) is 0 Å². The molecule has 3 aliphatic rings. The van der Waals surface area contributed by atoms with E-state index in [4.69, 9.17) is 14.2 Å². The van der Waals surface area contributed by atoms with Crippen molar-refractivity contribution in [3.05, 3.63) is 76.9 Å². The lowest BCUT2D eigenvalue weighted by molar-refractivity contribution is 0.324. The number of rotatable bonds is 5. The van der Waals surface area contributed by atoms with Gasteiger partial charge in [0.15, 0.2) is 11.5 Å². The molecular formula is C31H30O3S. The van der Waals surface area contributed by atoms with E-state index in [0.717, 1.165) is 24.2 Å². The highest BCUT2D eigenvalue weighted by atomic mass is 32.2. The van der Waals surface area contributed by atoms with E-state index in [2.05, 4.69) is 54.6 Å². The van der Waals surface area contributed by atoms with E-state index in [-0.39, 0.29) is 0 Å². The van der Waals surface area contributed by atoms with Crippen molar-refractivity contribution >= 4 is 33.0 Å². The van der Waals surface area contributed by atoms with Crippen LogP contribution in [-0.2, 0) is 6.42 Å². The topological polar surface area (TPSA) is 27.7 Å². The van der Waals surface area contributed by atoms with Crippen molar-refractivity contribution in [3.8, 4) is 28.4 Å². The first-order valence-electron chi connectivity index (χ1n) is 12.3. The number of aryl methyl sites for hydroxylation is 1. The Morgan fingerprint density at radius 3 is 2.26 bits per heavy atom. The van der Waals surface area contributed by atoms with E-state index in [9.17, 15) is 0 Å². The Hall–Kier alpha value is -3.11. The fourth-order valence-electron chi connectivity index (χ4n) is 5.85. The largest absolute Gasteiger partial charge is 0.493 e. The van der Waals surface area contributed by atoms with Gasteiger partial charge in [0.2, 0.25) is 5.75 Å². The van der Waals surface area contributed by atoms with Crippen LogP contribution in [-0.4, -0.2) is 27.1 Å². The number of hydrogen-bond acceptors (Lipinski definition) is 4. The number of ether oxygens (including phenoxy) is 3. The number of allylic oxidation sites excluding steroid dienone is 5. The molecule has 35 heavy (non-hydrogen) atoms. The number of hydrogen-bond donors (Lipinski definition) is 0. The van der Waals surface area contributed by atoms with Gasteiger partial charge in [-0.15, -0.1) is 11.8 Å². The third-order valence-corrected chi connectivity index (χ3v) is 8.61. The first-order valence-corrected chi connectivity index (χ1v) is 13.3. The first-order chi connectivity index (χ1) is 17.2. The van der Waals surface area contributed by atoms with E-state index in [1.807, 2.05) is 11.8 Å². The van der Waals surface area contributed by atoms with Crippen LogP contribution in [0.5, 0.6) is 17.2 Å². The van der Waals surface area contributed by atoms with Crippen LogP contribution in [0.3, 0.4) is 0 Å². The summed E-state index contributed by atoms with van der Waals surface area (Å²) in [5, 5.41) is 2.71. The molecule has 0 bridgehead atoms. The fraction of sp³-hybridized carbons (Fsp3) is 0.290. The predicted molar refractivity (Wildman–Crippen MR) is 148 cm³/mol. The van der Waals surface area contributed by atoms with Crippen molar-refractivity contribution in [1.82, 2.24) is 0 Å². The Kier molecular flexibility index (Phi) is 5.85. The van der Waals surface area contributed by atoms with E-state index in [1.54, 1.807) is 26.9 Å². The number of thioether (sulfide) groups is 1. The zero-order valence-corrected chi connectivity index (χ0v) is 21.4. The molecule has 3 nitrogen and oxygen atoms in total. The quantitative estimate of drug-likeness (QED) is 0.368. The minimum Gasteiger partial charge on any atom is -0.493 e. The average Bonchev–Trinajstić information content (AvgIpc) is 3.45. The van der Waals surface area contributed by atoms with Gasteiger partial charge in [0.05, 0.1) is 21.3 Å². The van der Waals surface area contributed by atoms with Crippen molar-refractivity contribution in [3.63, 3.8) is 0 Å². The van der Waals surface area contributed by atoms with Crippen molar-refractivity contribution in [2.24, 2.45) is 0 Å². The molecule has 3 aromatic carbocycles. The molecule has 0 N–H and O–H groups in total.